The molecule has 0 unspecified atom stereocenters. The lowest BCUT2D eigenvalue weighted by Crippen LogP contribution is -2.41. The fraction of sp³-hybridized carbons (Fsp3) is 0.500. The molecule has 0 saturated carbocycles. The molecular weight excluding hydrogens is 372 g/mol. The van der Waals surface area contributed by atoms with Gasteiger partial charge in [-0.2, -0.15) is 0 Å². The van der Waals surface area contributed by atoms with Crippen molar-refractivity contribution >= 4 is 5.78 Å². The van der Waals surface area contributed by atoms with Gasteiger partial charge in [-0.3, -0.25) is 14.6 Å². The second kappa shape index (κ2) is 11.4. The second-order valence-electron chi connectivity index (χ2n) is 9.18. The van der Waals surface area contributed by atoms with Gasteiger partial charge in [-0.1, -0.05) is 74.5 Å². The number of likely N-dealkylation sites (tertiary alicyclic amines) is 2. The van der Waals surface area contributed by atoms with E-state index in [1.807, 2.05) is 24.3 Å². The van der Waals surface area contributed by atoms with Crippen molar-refractivity contribution in [3.8, 4) is 0 Å². The molecule has 2 saturated heterocycles. The molecule has 0 aromatic heterocycles. The highest BCUT2D eigenvalue weighted by Gasteiger charge is 2.23. The minimum atomic E-state index is -0.141. The van der Waals surface area contributed by atoms with Gasteiger partial charge < -0.3 is 5.11 Å². The van der Waals surface area contributed by atoms with Crippen molar-refractivity contribution in [1.82, 2.24) is 9.80 Å². The number of piperidine rings is 2. The van der Waals surface area contributed by atoms with Crippen molar-refractivity contribution < 1.29 is 9.90 Å². The first-order valence-electron chi connectivity index (χ1n) is 11.2. The first-order chi connectivity index (χ1) is 14.5. The summed E-state index contributed by atoms with van der Waals surface area (Å²) in [5.41, 5.74) is 2.62. The van der Waals surface area contributed by atoms with Crippen LogP contribution in [0.15, 0.2) is 60.7 Å². The number of hydrogen-bond donors (Lipinski definition) is 1. The molecule has 2 aromatic carbocycles. The maximum absolute atomic E-state index is 11.4. The van der Waals surface area contributed by atoms with Crippen LogP contribution < -0.4 is 0 Å². The van der Waals surface area contributed by atoms with Crippen LogP contribution in [0.5, 0.6) is 0 Å². The van der Waals surface area contributed by atoms with Crippen molar-refractivity contribution in [2.45, 2.75) is 45.9 Å². The average molecular weight is 409 g/mol. The number of aliphatic hydroxyl groups excluding tert-OH is 1. The number of hydrogen-bond acceptors (Lipinski definition) is 4. The monoisotopic (exact) mass is 408 g/mol. The molecule has 2 aromatic rings. The van der Waals surface area contributed by atoms with Crippen molar-refractivity contribution in [3.05, 3.63) is 71.8 Å². The van der Waals surface area contributed by atoms with E-state index in [0.29, 0.717) is 24.2 Å². The predicted molar refractivity (Wildman–Crippen MR) is 122 cm³/mol. The van der Waals surface area contributed by atoms with Crippen LogP contribution in [0.1, 0.15) is 37.8 Å². The highest BCUT2D eigenvalue weighted by molar-refractivity contribution is 5.81. The van der Waals surface area contributed by atoms with Crippen LogP contribution in [0.4, 0.5) is 0 Å². The van der Waals surface area contributed by atoms with Gasteiger partial charge in [0.2, 0.25) is 0 Å². The van der Waals surface area contributed by atoms with Gasteiger partial charge in [-0.15, -0.1) is 0 Å². The van der Waals surface area contributed by atoms with E-state index in [0.717, 1.165) is 45.6 Å². The molecule has 0 amide bonds. The zero-order valence-electron chi connectivity index (χ0n) is 18.4. The zero-order chi connectivity index (χ0) is 21.3. The van der Waals surface area contributed by atoms with Crippen LogP contribution >= 0.6 is 0 Å². The lowest BCUT2D eigenvalue weighted by molar-refractivity contribution is -0.123. The molecule has 4 heteroatoms. The molecule has 2 aliphatic rings. The predicted octanol–water partition coefficient (Wildman–Crippen LogP) is 3.99. The first kappa shape index (κ1) is 22.7. The lowest BCUT2D eigenvalue weighted by Gasteiger charge is -2.34. The molecule has 0 radical (unpaired) electrons. The Morgan fingerprint density at radius 2 is 1.33 bits per heavy atom. The normalized spacial score (nSPS) is 25.4. The Hall–Kier alpha value is -2.01. The maximum atomic E-state index is 11.4. The molecule has 162 valence electrons. The Morgan fingerprint density at radius 3 is 1.87 bits per heavy atom. The van der Waals surface area contributed by atoms with Gasteiger partial charge in [-0.05, 0) is 29.4 Å². The summed E-state index contributed by atoms with van der Waals surface area (Å²) in [7, 11) is 0. The minimum Gasteiger partial charge on any atom is -0.392 e. The zero-order valence-corrected chi connectivity index (χ0v) is 18.4. The number of aliphatic hydroxyl groups is 1. The highest BCUT2D eigenvalue weighted by atomic mass is 16.3. The van der Waals surface area contributed by atoms with Gasteiger partial charge in [0.05, 0.1) is 12.6 Å². The smallest absolute Gasteiger partial charge is 0.147 e. The van der Waals surface area contributed by atoms with Gasteiger partial charge >= 0.3 is 0 Å². The maximum Gasteiger partial charge on any atom is 0.147 e. The molecule has 4 nitrogen and oxygen atoms in total. The van der Waals surface area contributed by atoms with Crippen molar-refractivity contribution in [2.75, 3.05) is 26.2 Å². The number of carbonyl (C=O) groups excluding carboxylic acids is 1. The van der Waals surface area contributed by atoms with Crippen molar-refractivity contribution in [1.29, 1.82) is 0 Å². The Bertz CT molecular complexity index is 755. The molecule has 2 aliphatic heterocycles. The molecule has 0 bridgehead atoms. The average Bonchev–Trinajstić information content (AvgIpc) is 2.68. The number of carbonyl (C=O) groups is 1. The molecular formula is C26H36N2O2. The molecule has 0 spiro atoms. The third kappa shape index (κ3) is 7.67. The molecule has 30 heavy (non-hydrogen) atoms. The molecule has 4 rings (SSSR count). The van der Waals surface area contributed by atoms with Crippen LogP contribution in [-0.4, -0.2) is 53.0 Å². The summed E-state index contributed by atoms with van der Waals surface area (Å²) < 4.78 is 0. The number of nitrogens with zero attached hydrogens (tertiary/aromatic N) is 2. The van der Waals surface area contributed by atoms with Crippen LogP contribution in [0.2, 0.25) is 0 Å². The fourth-order valence-corrected chi connectivity index (χ4v) is 4.63. The Kier molecular flexibility index (Phi) is 8.61. The van der Waals surface area contributed by atoms with E-state index in [9.17, 15) is 9.90 Å². The molecule has 3 atom stereocenters. The summed E-state index contributed by atoms with van der Waals surface area (Å²) in [6.07, 6.45) is 1.56. The minimum absolute atomic E-state index is 0.141. The summed E-state index contributed by atoms with van der Waals surface area (Å²) >= 11 is 0. The second-order valence-corrected chi connectivity index (χ2v) is 9.18. The van der Waals surface area contributed by atoms with Gasteiger partial charge in [0.1, 0.15) is 5.78 Å². The Balaban J connectivity index is 0.000000171. The third-order valence-corrected chi connectivity index (χ3v) is 5.76. The number of ketones is 1. The van der Waals surface area contributed by atoms with Crippen molar-refractivity contribution in [3.63, 3.8) is 0 Å². The quantitative estimate of drug-likeness (QED) is 0.831. The van der Waals surface area contributed by atoms with E-state index in [4.69, 9.17) is 0 Å². The summed E-state index contributed by atoms with van der Waals surface area (Å²) in [5.74, 6) is 1.50. The SMILES string of the molecule is C[C@H]1CC(=O)CN(Cc2ccccc2)C1.C[C@H]1C[C@H](O)CN(Cc2ccccc2)C1. The summed E-state index contributed by atoms with van der Waals surface area (Å²) in [6.45, 7) is 9.81. The van der Waals surface area contributed by atoms with Gasteiger partial charge in [0.25, 0.3) is 0 Å². The molecule has 0 aliphatic carbocycles. The van der Waals surface area contributed by atoms with Crippen LogP contribution in [0, 0.1) is 11.8 Å². The van der Waals surface area contributed by atoms with Gasteiger partial charge in [0, 0.05) is 39.1 Å². The van der Waals surface area contributed by atoms with E-state index in [1.165, 1.54) is 11.1 Å². The largest absolute Gasteiger partial charge is 0.392 e. The number of rotatable bonds is 4. The van der Waals surface area contributed by atoms with Gasteiger partial charge in [-0.25, -0.2) is 0 Å². The van der Waals surface area contributed by atoms with Crippen molar-refractivity contribution in [2.24, 2.45) is 11.8 Å². The topological polar surface area (TPSA) is 43.8 Å². The Morgan fingerprint density at radius 1 is 0.800 bits per heavy atom. The summed E-state index contributed by atoms with van der Waals surface area (Å²) in [6, 6.07) is 20.8. The lowest BCUT2D eigenvalue weighted by atomic mass is 9.97. The molecule has 2 fully saturated rings. The standard InChI is InChI=1S/C13H19NO.C13H17NO/c2*1-11-7-13(15)10-14(8-11)9-12-5-3-2-4-6-12/h2-6,11,13,15H,7-10H2,1H3;2-6,11H,7-10H2,1H3/t11-,13-;11-/m00/s1. The van der Waals surface area contributed by atoms with Gasteiger partial charge in [0.15, 0.2) is 0 Å². The van der Waals surface area contributed by atoms with Crippen LogP contribution in [0.3, 0.4) is 0 Å². The van der Waals surface area contributed by atoms with Crippen LogP contribution in [0.25, 0.3) is 0 Å². The number of β-amino-alcohol motifs (C(OH)–C–C–N with tert-alkyl or cyclic N) is 1. The highest BCUT2D eigenvalue weighted by Crippen LogP contribution is 2.18. The first-order valence-corrected chi connectivity index (χ1v) is 11.2. The number of Topliss-reactive ketones (excluding diaryl/α,β-unsaturated/α-hetero) is 1. The fourth-order valence-electron chi connectivity index (χ4n) is 4.63. The summed E-state index contributed by atoms with van der Waals surface area (Å²) in [5, 5.41) is 9.69. The third-order valence-electron chi connectivity index (χ3n) is 5.76. The summed E-state index contributed by atoms with van der Waals surface area (Å²) in [4.78, 5) is 16.0. The molecule has 1 N–H and O–H groups in total. The van der Waals surface area contributed by atoms with E-state index in [1.54, 1.807) is 0 Å². The Labute approximate surface area is 181 Å². The van der Waals surface area contributed by atoms with Crippen LogP contribution in [-0.2, 0) is 17.9 Å². The van der Waals surface area contributed by atoms with E-state index < -0.39 is 0 Å². The van der Waals surface area contributed by atoms with E-state index >= 15 is 0 Å². The number of benzene rings is 2. The van der Waals surface area contributed by atoms with E-state index in [-0.39, 0.29) is 6.10 Å². The van der Waals surface area contributed by atoms with E-state index in [2.05, 4.69) is 60.0 Å². The molecule has 2 heterocycles.